The van der Waals surface area contributed by atoms with E-state index in [1.807, 2.05) is 13.8 Å². The van der Waals surface area contributed by atoms with Gasteiger partial charge in [0.2, 0.25) is 0 Å². The predicted octanol–water partition coefficient (Wildman–Crippen LogP) is 2.48. The average Bonchev–Trinajstić information content (AvgIpc) is 3.20. The van der Waals surface area contributed by atoms with Gasteiger partial charge in [-0.3, -0.25) is 4.68 Å². The number of nitrogens with one attached hydrogen (secondary N) is 2. The molecule has 1 aliphatic carbocycles. The Kier molecular flexibility index (Phi) is 6.45. The molecule has 0 unspecified atom stereocenters. The van der Waals surface area contributed by atoms with Gasteiger partial charge in [-0.15, -0.1) is 0 Å². The number of guanidine groups is 1. The number of methoxy groups -OCH3 is 1. The first-order chi connectivity index (χ1) is 11.0. The van der Waals surface area contributed by atoms with Crippen molar-refractivity contribution >= 4 is 5.96 Å². The second kappa shape index (κ2) is 8.34. The fourth-order valence-corrected chi connectivity index (χ4v) is 2.70. The quantitative estimate of drug-likeness (QED) is 0.598. The first-order valence-electron chi connectivity index (χ1n) is 8.65. The number of rotatable bonds is 7. The van der Waals surface area contributed by atoms with E-state index in [1.165, 1.54) is 25.7 Å². The molecule has 0 radical (unpaired) electrons. The van der Waals surface area contributed by atoms with Crippen LogP contribution < -0.4 is 10.6 Å². The van der Waals surface area contributed by atoms with Gasteiger partial charge >= 0.3 is 0 Å². The van der Waals surface area contributed by atoms with Gasteiger partial charge in [0.15, 0.2) is 5.96 Å². The highest BCUT2D eigenvalue weighted by Gasteiger charge is 2.18. The summed E-state index contributed by atoms with van der Waals surface area (Å²) in [5.41, 5.74) is 0.792. The summed E-state index contributed by atoms with van der Waals surface area (Å²) in [4.78, 5) is 4.62. The van der Waals surface area contributed by atoms with Crippen molar-refractivity contribution in [3.63, 3.8) is 0 Å². The van der Waals surface area contributed by atoms with Crippen LogP contribution in [-0.4, -0.2) is 41.5 Å². The van der Waals surface area contributed by atoms with Crippen LogP contribution in [0.2, 0.25) is 0 Å². The normalized spacial score (nSPS) is 16.8. The Labute approximate surface area is 139 Å². The summed E-state index contributed by atoms with van der Waals surface area (Å²) in [5.74, 6) is 0.799. The van der Waals surface area contributed by atoms with Crippen molar-refractivity contribution in [2.24, 2.45) is 4.99 Å². The molecule has 2 N–H and O–H groups in total. The maximum Gasteiger partial charge on any atom is 0.191 e. The molecular weight excluding hydrogens is 290 g/mol. The van der Waals surface area contributed by atoms with E-state index in [1.54, 1.807) is 7.11 Å². The molecule has 1 fully saturated rings. The van der Waals surface area contributed by atoms with Crippen molar-refractivity contribution in [2.75, 3.05) is 20.2 Å². The Bertz CT molecular complexity index is 503. The van der Waals surface area contributed by atoms with Crippen molar-refractivity contribution in [3.8, 4) is 0 Å². The summed E-state index contributed by atoms with van der Waals surface area (Å²) in [6, 6.07) is 2.66. The molecular formula is C17H31N5O. The Balaban J connectivity index is 1.91. The molecule has 0 amide bonds. The van der Waals surface area contributed by atoms with Crippen LogP contribution in [0.3, 0.4) is 0 Å². The fraction of sp³-hybridized carbons (Fsp3) is 0.765. The third-order valence-electron chi connectivity index (χ3n) is 4.34. The van der Waals surface area contributed by atoms with Crippen LogP contribution >= 0.6 is 0 Å². The molecule has 1 aromatic heterocycles. The van der Waals surface area contributed by atoms with Crippen molar-refractivity contribution in [3.05, 3.63) is 18.0 Å². The van der Waals surface area contributed by atoms with Gasteiger partial charge in [0.1, 0.15) is 0 Å². The van der Waals surface area contributed by atoms with Crippen LogP contribution in [0.15, 0.2) is 17.3 Å². The molecule has 23 heavy (non-hydrogen) atoms. The lowest BCUT2D eigenvalue weighted by atomic mass is 10.1. The lowest BCUT2D eigenvalue weighted by Crippen LogP contribution is -2.45. The van der Waals surface area contributed by atoms with E-state index in [2.05, 4.69) is 44.6 Å². The van der Waals surface area contributed by atoms with Crippen LogP contribution in [0.1, 0.15) is 58.2 Å². The smallest absolute Gasteiger partial charge is 0.191 e. The lowest BCUT2D eigenvalue weighted by Gasteiger charge is -2.24. The molecule has 0 aromatic carbocycles. The number of hydrogen-bond acceptors (Lipinski definition) is 3. The highest BCUT2D eigenvalue weighted by molar-refractivity contribution is 5.79. The summed E-state index contributed by atoms with van der Waals surface area (Å²) in [6.07, 6.45) is 7.24. The minimum absolute atomic E-state index is 0.222. The van der Waals surface area contributed by atoms with E-state index in [-0.39, 0.29) is 5.60 Å². The maximum atomic E-state index is 5.43. The highest BCUT2D eigenvalue weighted by atomic mass is 16.5. The topological polar surface area (TPSA) is 63.5 Å². The van der Waals surface area contributed by atoms with Crippen molar-refractivity contribution in [1.82, 2.24) is 20.4 Å². The molecule has 0 atom stereocenters. The molecule has 1 aliphatic rings. The number of aliphatic imine (C=N–C) groups is 1. The predicted molar refractivity (Wildman–Crippen MR) is 93.6 cm³/mol. The third-order valence-corrected chi connectivity index (χ3v) is 4.34. The summed E-state index contributed by atoms with van der Waals surface area (Å²) in [6.45, 7) is 8.28. The monoisotopic (exact) mass is 321 g/mol. The van der Waals surface area contributed by atoms with Crippen LogP contribution in [-0.2, 0) is 11.3 Å². The van der Waals surface area contributed by atoms with Gasteiger partial charge in [0.25, 0.3) is 0 Å². The summed E-state index contributed by atoms with van der Waals surface area (Å²) in [7, 11) is 1.72. The fourth-order valence-electron chi connectivity index (χ4n) is 2.70. The second-order valence-electron chi connectivity index (χ2n) is 6.74. The molecule has 0 saturated heterocycles. The molecule has 2 rings (SSSR count). The third kappa shape index (κ3) is 5.53. The minimum atomic E-state index is -0.222. The molecule has 0 bridgehead atoms. The van der Waals surface area contributed by atoms with Gasteiger partial charge in [0.05, 0.1) is 23.9 Å². The highest BCUT2D eigenvalue weighted by Crippen LogP contribution is 2.28. The van der Waals surface area contributed by atoms with Crippen molar-refractivity contribution < 1.29 is 4.74 Å². The van der Waals surface area contributed by atoms with Gasteiger partial charge < -0.3 is 15.4 Å². The Morgan fingerprint density at radius 3 is 2.78 bits per heavy atom. The Morgan fingerprint density at radius 1 is 1.39 bits per heavy atom. The molecule has 0 aliphatic heterocycles. The number of hydrogen-bond donors (Lipinski definition) is 2. The zero-order valence-corrected chi connectivity index (χ0v) is 14.9. The molecule has 1 heterocycles. The number of aromatic nitrogens is 2. The summed E-state index contributed by atoms with van der Waals surface area (Å²) in [5, 5.41) is 11.3. The van der Waals surface area contributed by atoms with Gasteiger partial charge in [0, 0.05) is 26.4 Å². The standard InChI is InChI=1S/C17H31N5O/c1-5-18-16(20-13-17(2,3)23-4)19-12-14-10-11-22(21-14)15-8-6-7-9-15/h10-11,15H,5-9,12-13H2,1-4H3,(H2,18,19,20). The molecule has 1 aromatic rings. The van der Waals surface area contributed by atoms with E-state index >= 15 is 0 Å². The maximum absolute atomic E-state index is 5.43. The van der Waals surface area contributed by atoms with Gasteiger partial charge in [-0.25, -0.2) is 4.99 Å². The Morgan fingerprint density at radius 2 is 2.13 bits per heavy atom. The van der Waals surface area contributed by atoms with Crippen molar-refractivity contribution in [1.29, 1.82) is 0 Å². The lowest BCUT2D eigenvalue weighted by molar-refractivity contribution is 0.0268. The van der Waals surface area contributed by atoms with Crippen LogP contribution in [0, 0.1) is 0 Å². The molecule has 6 heteroatoms. The van der Waals surface area contributed by atoms with E-state index in [0.717, 1.165) is 18.2 Å². The SMILES string of the molecule is CCNC(=NCc1ccn(C2CCCC2)n1)NCC(C)(C)OC. The molecule has 1 saturated carbocycles. The van der Waals surface area contributed by atoms with Gasteiger partial charge in [-0.05, 0) is 39.7 Å². The summed E-state index contributed by atoms with van der Waals surface area (Å²) < 4.78 is 7.55. The number of ether oxygens (including phenoxy) is 1. The first kappa shape index (κ1) is 17.8. The Hall–Kier alpha value is -1.56. The largest absolute Gasteiger partial charge is 0.377 e. The first-order valence-corrected chi connectivity index (χ1v) is 8.65. The van der Waals surface area contributed by atoms with Gasteiger partial charge in [-0.2, -0.15) is 5.10 Å². The minimum Gasteiger partial charge on any atom is -0.377 e. The van der Waals surface area contributed by atoms with Crippen LogP contribution in [0.4, 0.5) is 0 Å². The number of nitrogens with zero attached hydrogens (tertiary/aromatic N) is 3. The van der Waals surface area contributed by atoms with Gasteiger partial charge in [-0.1, -0.05) is 12.8 Å². The van der Waals surface area contributed by atoms with Crippen LogP contribution in [0.25, 0.3) is 0 Å². The second-order valence-corrected chi connectivity index (χ2v) is 6.74. The van der Waals surface area contributed by atoms with Crippen molar-refractivity contribution in [2.45, 2.75) is 64.6 Å². The molecule has 0 spiro atoms. The summed E-state index contributed by atoms with van der Waals surface area (Å²) >= 11 is 0. The van der Waals surface area contributed by atoms with E-state index in [0.29, 0.717) is 19.1 Å². The van der Waals surface area contributed by atoms with E-state index in [9.17, 15) is 0 Å². The van der Waals surface area contributed by atoms with E-state index in [4.69, 9.17) is 4.74 Å². The average molecular weight is 321 g/mol. The zero-order chi connectivity index (χ0) is 16.7. The van der Waals surface area contributed by atoms with E-state index < -0.39 is 0 Å². The molecule has 6 nitrogen and oxygen atoms in total. The zero-order valence-electron chi connectivity index (χ0n) is 14.9. The molecule has 130 valence electrons. The van der Waals surface area contributed by atoms with Crippen LogP contribution in [0.5, 0.6) is 0 Å².